The first-order valence-corrected chi connectivity index (χ1v) is 9.04. The lowest BCUT2D eigenvalue weighted by molar-refractivity contribution is -0.154. The Morgan fingerprint density at radius 1 is 1.00 bits per heavy atom. The van der Waals surface area contributed by atoms with E-state index in [-0.39, 0.29) is 5.60 Å². The van der Waals surface area contributed by atoms with Crippen LogP contribution in [0.25, 0.3) is 0 Å². The maximum Gasteiger partial charge on any atom is 0.0723 e. The summed E-state index contributed by atoms with van der Waals surface area (Å²) in [7, 11) is 0. The Hall–Kier alpha value is 0.230. The summed E-state index contributed by atoms with van der Waals surface area (Å²) in [5, 5.41) is 0. The van der Waals surface area contributed by atoms with Crippen LogP contribution in [0.4, 0.5) is 0 Å². The topological polar surface area (TPSA) is 44.5 Å². The van der Waals surface area contributed by atoms with Gasteiger partial charge in [0, 0.05) is 19.1 Å². The highest BCUT2D eigenvalue weighted by molar-refractivity contribution is 7.99. The first-order valence-electron chi connectivity index (χ1n) is 7.89. The van der Waals surface area contributed by atoms with E-state index in [9.17, 15) is 0 Å². The molecule has 110 valence electrons. The molecule has 2 aliphatic heterocycles. The third kappa shape index (κ3) is 3.66. The summed E-state index contributed by atoms with van der Waals surface area (Å²) in [4.78, 5) is 0. The molecule has 1 spiro atoms. The van der Waals surface area contributed by atoms with Crippen LogP contribution in [0.3, 0.4) is 0 Å². The van der Waals surface area contributed by atoms with Gasteiger partial charge in [0.25, 0.3) is 0 Å². The molecule has 0 aromatic carbocycles. The van der Waals surface area contributed by atoms with Crippen LogP contribution in [-0.4, -0.2) is 42.0 Å². The van der Waals surface area contributed by atoms with Gasteiger partial charge in [-0.3, -0.25) is 0 Å². The van der Waals surface area contributed by atoms with E-state index in [1.165, 1.54) is 24.3 Å². The average molecular weight is 285 g/mol. The molecule has 3 rings (SSSR count). The van der Waals surface area contributed by atoms with Crippen molar-refractivity contribution in [3.63, 3.8) is 0 Å². The van der Waals surface area contributed by atoms with Gasteiger partial charge in [-0.2, -0.15) is 11.8 Å². The number of thioether (sulfide) groups is 1. The third-order valence-corrected chi connectivity index (χ3v) is 5.94. The second-order valence-electron chi connectivity index (χ2n) is 6.43. The molecule has 1 unspecified atom stereocenters. The number of rotatable bonds is 2. The Morgan fingerprint density at radius 2 is 1.74 bits per heavy atom. The first kappa shape index (κ1) is 14.2. The van der Waals surface area contributed by atoms with Crippen molar-refractivity contribution in [3.05, 3.63) is 0 Å². The van der Waals surface area contributed by atoms with E-state index < -0.39 is 0 Å². The predicted octanol–water partition coefficient (Wildman–Crippen LogP) is 2.72. The first-order chi connectivity index (χ1) is 9.26. The van der Waals surface area contributed by atoms with Crippen LogP contribution < -0.4 is 5.73 Å². The van der Waals surface area contributed by atoms with Crippen LogP contribution in [0.2, 0.25) is 0 Å². The summed E-state index contributed by atoms with van der Waals surface area (Å²) in [5.74, 6) is 2.51. The lowest BCUT2D eigenvalue weighted by atomic mass is 9.86. The molecule has 2 N–H and O–H groups in total. The summed E-state index contributed by atoms with van der Waals surface area (Å²) >= 11 is 2.06. The predicted molar refractivity (Wildman–Crippen MR) is 79.6 cm³/mol. The van der Waals surface area contributed by atoms with Gasteiger partial charge in [0.15, 0.2) is 0 Å². The van der Waals surface area contributed by atoms with Crippen molar-refractivity contribution in [1.82, 2.24) is 0 Å². The fraction of sp³-hybridized carbons (Fsp3) is 1.00. The Labute approximate surface area is 121 Å². The fourth-order valence-electron chi connectivity index (χ4n) is 3.69. The van der Waals surface area contributed by atoms with Gasteiger partial charge in [-0.15, -0.1) is 0 Å². The molecule has 3 fully saturated rings. The maximum absolute atomic E-state index is 6.37. The van der Waals surface area contributed by atoms with Crippen molar-refractivity contribution >= 4 is 11.8 Å². The van der Waals surface area contributed by atoms with Gasteiger partial charge < -0.3 is 15.2 Å². The number of hydrogen-bond donors (Lipinski definition) is 1. The molecule has 19 heavy (non-hydrogen) atoms. The van der Waals surface area contributed by atoms with Crippen LogP contribution in [-0.2, 0) is 9.47 Å². The van der Waals surface area contributed by atoms with Crippen molar-refractivity contribution in [3.8, 4) is 0 Å². The molecule has 1 saturated carbocycles. The van der Waals surface area contributed by atoms with E-state index >= 15 is 0 Å². The molecule has 0 aromatic heterocycles. The molecule has 3 aliphatic rings. The van der Waals surface area contributed by atoms with E-state index in [1.54, 1.807) is 0 Å². The van der Waals surface area contributed by atoms with E-state index in [0.29, 0.717) is 18.2 Å². The van der Waals surface area contributed by atoms with Crippen molar-refractivity contribution in [2.24, 2.45) is 5.73 Å². The zero-order valence-electron chi connectivity index (χ0n) is 11.8. The van der Waals surface area contributed by atoms with E-state index in [4.69, 9.17) is 15.2 Å². The molecule has 3 nitrogen and oxygen atoms in total. The Kier molecular flexibility index (Phi) is 4.73. The van der Waals surface area contributed by atoms with Gasteiger partial charge in [0.05, 0.1) is 17.8 Å². The Bertz CT molecular complexity index is 280. The summed E-state index contributed by atoms with van der Waals surface area (Å²) in [6.07, 6.45) is 10.1. The molecule has 1 aliphatic carbocycles. The summed E-state index contributed by atoms with van der Waals surface area (Å²) in [6.45, 7) is 0.890. The normalized spacial score (nSPS) is 39.3. The number of nitrogens with two attached hydrogens (primary N) is 1. The minimum atomic E-state index is 0.152. The molecule has 2 heterocycles. The van der Waals surface area contributed by atoms with Crippen molar-refractivity contribution < 1.29 is 9.47 Å². The second-order valence-corrected chi connectivity index (χ2v) is 7.66. The molecule has 0 amide bonds. The Balaban J connectivity index is 1.50. The zero-order chi connectivity index (χ0) is 13.1. The van der Waals surface area contributed by atoms with Crippen LogP contribution >= 0.6 is 11.8 Å². The highest BCUT2D eigenvalue weighted by Gasteiger charge is 2.39. The third-order valence-electron chi connectivity index (χ3n) is 4.96. The lowest BCUT2D eigenvalue weighted by Crippen LogP contribution is -2.46. The van der Waals surface area contributed by atoms with Crippen molar-refractivity contribution in [2.45, 2.75) is 75.2 Å². The molecule has 4 heteroatoms. The molecule has 1 atom stereocenters. The SMILES string of the molecule is NC1CCC(OC2CCOC3(CCSCC3)C2)CC1. The summed E-state index contributed by atoms with van der Waals surface area (Å²) in [5.41, 5.74) is 6.12. The van der Waals surface area contributed by atoms with Gasteiger partial charge in [0.2, 0.25) is 0 Å². The smallest absolute Gasteiger partial charge is 0.0723 e. The zero-order valence-corrected chi connectivity index (χ0v) is 12.6. The van der Waals surface area contributed by atoms with Crippen LogP contribution in [0.15, 0.2) is 0 Å². The fourth-order valence-corrected chi connectivity index (χ4v) is 4.92. The molecular weight excluding hydrogens is 258 g/mol. The van der Waals surface area contributed by atoms with Crippen LogP contribution in [0.1, 0.15) is 51.4 Å². The second kappa shape index (κ2) is 6.33. The van der Waals surface area contributed by atoms with Gasteiger partial charge in [-0.1, -0.05) is 0 Å². The van der Waals surface area contributed by atoms with Gasteiger partial charge >= 0.3 is 0 Å². The maximum atomic E-state index is 6.37. The highest BCUT2D eigenvalue weighted by atomic mass is 32.2. The minimum absolute atomic E-state index is 0.152. The van der Waals surface area contributed by atoms with E-state index in [1.807, 2.05) is 0 Å². The Morgan fingerprint density at radius 3 is 2.47 bits per heavy atom. The largest absolute Gasteiger partial charge is 0.375 e. The van der Waals surface area contributed by atoms with E-state index in [2.05, 4.69) is 11.8 Å². The lowest BCUT2D eigenvalue weighted by Gasteiger charge is -2.44. The van der Waals surface area contributed by atoms with Crippen LogP contribution in [0.5, 0.6) is 0 Å². The monoisotopic (exact) mass is 285 g/mol. The highest BCUT2D eigenvalue weighted by Crippen LogP contribution is 2.39. The molecule has 0 radical (unpaired) electrons. The number of ether oxygens (including phenoxy) is 2. The van der Waals surface area contributed by atoms with Gasteiger partial charge in [0.1, 0.15) is 0 Å². The molecule has 2 saturated heterocycles. The van der Waals surface area contributed by atoms with Gasteiger partial charge in [-0.05, 0) is 56.5 Å². The van der Waals surface area contributed by atoms with Crippen molar-refractivity contribution in [1.29, 1.82) is 0 Å². The quantitative estimate of drug-likeness (QED) is 0.847. The summed E-state index contributed by atoms with van der Waals surface area (Å²) < 4.78 is 12.5. The van der Waals surface area contributed by atoms with E-state index in [0.717, 1.165) is 45.1 Å². The molecule has 0 bridgehead atoms. The summed E-state index contributed by atoms with van der Waals surface area (Å²) in [6, 6.07) is 0.413. The molecular formula is C15H27NO2S. The van der Waals surface area contributed by atoms with Crippen molar-refractivity contribution in [2.75, 3.05) is 18.1 Å². The number of hydrogen-bond acceptors (Lipinski definition) is 4. The standard InChI is InChI=1S/C15H27NO2S/c16-12-1-3-13(4-2-12)18-14-5-8-17-15(11-14)6-9-19-10-7-15/h12-14H,1-11,16H2. The van der Waals surface area contributed by atoms with Crippen LogP contribution in [0, 0.1) is 0 Å². The molecule has 0 aromatic rings. The minimum Gasteiger partial charge on any atom is -0.375 e. The average Bonchev–Trinajstić information content (AvgIpc) is 2.42. The van der Waals surface area contributed by atoms with Gasteiger partial charge in [-0.25, -0.2) is 0 Å².